The van der Waals surface area contributed by atoms with Crippen molar-refractivity contribution in [2.24, 2.45) is 0 Å². The van der Waals surface area contributed by atoms with Gasteiger partial charge in [-0.2, -0.15) is 4.52 Å². The molecule has 3 aromatic heterocycles. The van der Waals surface area contributed by atoms with Crippen LogP contribution in [0.25, 0.3) is 22.9 Å². The molecule has 0 radical (unpaired) electrons. The number of tetrazole rings is 1. The van der Waals surface area contributed by atoms with Crippen LogP contribution in [0.5, 0.6) is 0 Å². The predicted molar refractivity (Wildman–Crippen MR) is 73.3 cm³/mol. The number of nitrogens with zero attached hydrogens (tertiary/aromatic N) is 8. The fraction of sp³-hybridized carbons (Fsp3) is 0. The third kappa shape index (κ3) is 1.87. The summed E-state index contributed by atoms with van der Waals surface area (Å²) >= 11 is 0. The first-order chi connectivity index (χ1) is 10.3. The molecule has 1 aromatic carbocycles. The Hall–Kier alpha value is -3.36. The fourth-order valence-electron chi connectivity index (χ4n) is 1.96. The molecule has 4 rings (SSSR count). The van der Waals surface area contributed by atoms with Crippen molar-refractivity contribution >= 4 is 11.3 Å². The van der Waals surface area contributed by atoms with Gasteiger partial charge in [0.2, 0.25) is 0 Å². The molecule has 2 N–H and O–H groups in total. The lowest BCUT2D eigenvalue weighted by Gasteiger charge is -2.00. The van der Waals surface area contributed by atoms with Crippen molar-refractivity contribution in [1.29, 1.82) is 0 Å². The maximum Gasteiger partial charge on any atom is 0.199 e. The van der Waals surface area contributed by atoms with E-state index in [1.54, 1.807) is 35.5 Å². The highest BCUT2D eigenvalue weighted by atomic mass is 15.5. The van der Waals surface area contributed by atoms with Crippen LogP contribution in [0.4, 0.5) is 5.69 Å². The summed E-state index contributed by atoms with van der Waals surface area (Å²) in [4.78, 5) is 8.37. The number of aromatic nitrogens is 8. The molecule has 9 nitrogen and oxygen atoms in total. The zero-order valence-corrected chi connectivity index (χ0v) is 10.7. The summed E-state index contributed by atoms with van der Waals surface area (Å²) in [6.07, 6.45) is 4.77. The predicted octanol–water partition coefficient (Wildman–Crippen LogP) is 0.349. The van der Waals surface area contributed by atoms with E-state index in [0.717, 1.165) is 5.56 Å². The lowest BCUT2D eigenvalue weighted by atomic mass is 10.2. The smallest absolute Gasteiger partial charge is 0.199 e. The number of rotatable bonds is 2. The normalized spacial score (nSPS) is 11.0. The van der Waals surface area contributed by atoms with Crippen molar-refractivity contribution in [2.75, 3.05) is 5.73 Å². The van der Waals surface area contributed by atoms with E-state index in [9.17, 15) is 0 Å². The van der Waals surface area contributed by atoms with Gasteiger partial charge in [-0.05, 0) is 34.7 Å². The molecule has 0 spiro atoms. The summed E-state index contributed by atoms with van der Waals surface area (Å²) in [7, 11) is 0. The van der Waals surface area contributed by atoms with Crippen LogP contribution in [0.2, 0.25) is 0 Å². The summed E-state index contributed by atoms with van der Waals surface area (Å²) in [5.41, 5.74) is 7.78. The second-order valence-corrected chi connectivity index (χ2v) is 4.35. The van der Waals surface area contributed by atoms with Crippen molar-refractivity contribution < 1.29 is 0 Å². The maximum atomic E-state index is 5.67. The minimum absolute atomic E-state index is 0.539. The average Bonchev–Trinajstić information content (AvgIpc) is 3.16. The molecule has 0 atom stereocenters. The summed E-state index contributed by atoms with van der Waals surface area (Å²) in [5, 5.41) is 15.8. The first-order valence-corrected chi connectivity index (χ1v) is 6.11. The monoisotopic (exact) mass is 279 g/mol. The van der Waals surface area contributed by atoms with Gasteiger partial charge >= 0.3 is 0 Å². The molecule has 102 valence electrons. The molecule has 0 aliphatic heterocycles. The molecule has 0 aliphatic carbocycles. The minimum Gasteiger partial charge on any atom is -0.399 e. The van der Waals surface area contributed by atoms with Crippen LogP contribution in [0.3, 0.4) is 0 Å². The van der Waals surface area contributed by atoms with Crippen LogP contribution in [0.15, 0.2) is 43.0 Å². The van der Waals surface area contributed by atoms with E-state index in [-0.39, 0.29) is 0 Å². The Balaban J connectivity index is 1.81. The van der Waals surface area contributed by atoms with Crippen LogP contribution >= 0.6 is 0 Å². The second-order valence-electron chi connectivity index (χ2n) is 4.35. The molecule has 0 saturated heterocycles. The van der Waals surface area contributed by atoms with Crippen LogP contribution in [-0.4, -0.2) is 39.8 Å². The van der Waals surface area contributed by atoms with E-state index in [1.807, 2.05) is 12.1 Å². The van der Waals surface area contributed by atoms with E-state index in [1.165, 1.54) is 4.52 Å². The fourth-order valence-corrected chi connectivity index (χ4v) is 1.96. The third-order valence-electron chi connectivity index (χ3n) is 2.99. The maximum absolute atomic E-state index is 5.67. The molecule has 0 saturated carbocycles. The minimum atomic E-state index is 0.539. The Morgan fingerprint density at radius 1 is 1.05 bits per heavy atom. The quantitative estimate of drug-likeness (QED) is 0.527. The van der Waals surface area contributed by atoms with Gasteiger partial charge in [0.25, 0.3) is 0 Å². The number of anilines is 1. The summed E-state index contributed by atoms with van der Waals surface area (Å²) in [5.74, 6) is 1.19. The van der Waals surface area contributed by atoms with Crippen molar-refractivity contribution in [2.45, 2.75) is 0 Å². The highest BCUT2D eigenvalue weighted by Gasteiger charge is 2.10. The highest BCUT2D eigenvalue weighted by Crippen LogP contribution is 2.17. The Kier molecular flexibility index (Phi) is 2.37. The van der Waals surface area contributed by atoms with Gasteiger partial charge in [-0.3, -0.25) is 4.98 Å². The van der Waals surface area contributed by atoms with Crippen LogP contribution < -0.4 is 5.73 Å². The molecular formula is C12H9N9. The van der Waals surface area contributed by atoms with Crippen molar-refractivity contribution in [1.82, 2.24) is 39.8 Å². The molecule has 0 unspecified atom stereocenters. The Morgan fingerprint density at radius 3 is 2.76 bits per heavy atom. The zero-order valence-electron chi connectivity index (χ0n) is 10.7. The van der Waals surface area contributed by atoms with Gasteiger partial charge in [0.05, 0.1) is 12.4 Å². The average molecular weight is 279 g/mol. The number of nitrogen functional groups attached to an aromatic ring is 1. The first-order valence-electron chi connectivity index (χ1n) is 6.11. The Morgan fingerprint density at radius 2 is 1.90 bits per heavy atom. The number of nitrogens with two attached hydrogens (primary N) is 1. The van der Waals surface area contributed by atoms with Crippen molar-refractivity contribution in [3.8, 4) is 17.2 Å². The van der Waals surface area contributed by atoms with Crippen molar-refractivity contribution in [3.05, 3.63) is 43.0 Å². The van der Waals surface area contributed by atoms with Crippen LogP contribution in [0.1, 0.15) is 0 Å². The van der Waals surface area contributed by atoms with Crippen molar-refractivity contribution in [3.63, 3.8) is 0 Å². The standard InChI is InChI=1S/C12H9N9/c13-9-3-1-8(2-4-9)12-15-7-20(17-12)11-6-14-5-10-16-18-19-21(10)11/h1-7H,13H2. The zero-order chi connectivity index (χ0) is 14.2. The molecule has 21 heavy (non-hydrogen) atoms. The van der Waals surface area contributed by atoms with Gasteiger partial charge in [-0.25, -0.2) is 9.67 Å². The van der Waals surface area contributed by atoms with E-state index < -0.39 is 0 Å². The summed E-state index contributed by atoms with van der Waals surface area (Å²) in [6.45, 7) is 0. The summed E-state index contributed by atoms with van der Waals surface area (Å²) in [6, 6.07) is 7.34. The van der Waals surface area contributed by atoms with Gasteiger partial charge < -0.3 is 5.73 Å². The van der Waals surface area contributed by atoms with E-state index in [2.05, 4.69) is 30.6 Å². The number of fused-ring (bicyclic) bond motifs is 1. The number of benzene rings is 1. The van der Waals surface area contributed by atoms with Gasteiger partial charge in [-0.15, -0.1) is 10.2 Å². The lowest BCUT2D eigenvalue weighted by molar-refractivity contribution is 0.746. The number of hydrogen-bond acceptors (Lipinski definition) is 7. The van der Waals surface area contributed by atoms with E-state index in [0.29, 0.717) is 23.0 Å². The molecule has 9 heteroatoms. The van der Waals surface area contributed by atoms with E-state index in [4.69, 9.17) is 5.73 Å². The molecule has 0 aliphatic rings. The molecule has 4 aromatic rings. The first kappa shape index (κ1) is 11.5. The Labute approximate surface area is 118 Å². The molecule has 0 fully saturated rings. The van der Waals surface area contributed by atoms with Gasteiger partial charge in [-0.1, -0.05) is 0 Å². The molecule has 0 bridgehead atoms. The third-order valence-corrected chi connectivity index (χ3v) is 2.99. The van der Waals surface area contributed by atoms with Crippen LogP contribution in [0, 0.1) is 0 Å². The van der Waals surface area contributed by atoms with Gasteiger partial charge in [0.1, 0.15) is 6.33 Å². The highest BCUT2D eigenvalue weighted by molar-refractivity contribution is 5.58. The molecular weight excluding hydrogens is 270 g/mol. The second kappa shape index (κ2) is 4.34. The number of hydrogen-bond donors (Lipinski definition) is 1. The summed E-state index contributed by atoms with van der Waals surface area (Å²) < 4.78 is 3.11. The van der Waals surface area contributed by atoms with Gasteiger partial charge in [0, 0.05) is 11.3 Å². The lowest BCUT2D eigenvalue weighted by Crippen LogP contribution is -2.05. The topological polar surface area (TPSA) is 113 Å². The largest absolute Gasteiger partial charge is 0.399 e. The molecule has 0 amide bonds. The van der Waals surface area contributed by atoms with Gasteiger partial charge in [0.15, 0.2) is 17.3 Å². The SMILES string of the molecule is Nc1ccc(-c2ncn(-c3cncc4nnnn34)n2)cc1. The Bertz CT molecular complexity index is 906. The van der Waals surface area contributed by atoms with Crippen LogP contribution in [-0.2, 0) is 0 Å². The van der Waals surface area contributed by atoms with E-state index >= 15 is 0 Å². The molecule has 3 heterocycles.